The highest BCUT2D eigenvalue weighted by molar-refractivity contribution is 5.95. The number of amides is 2. The fourth-order valence-corrected chi connectivity index (χ4v) is 2.12. The van der Waals surface area contributed by atoms with Crippen molar-refractivity contribution in [3.05, 3.63) is 35.1 Å². The molecule has 1 saturated heterocycles. The van der Waals surface area contributed by atoms with E-state index in [1.54, 1.807) is 7.05 Å². The molecule has 20 heavy (non-hydrogen) atoms. The third-order valence-electron chi connectivity index (χ3n) is 3.23. The first-order chi connectivity index (χ1) is 9.40. The smallest absolute Gasteiger partial charge is 0.257 e. The van der Waals surface area contributed by atoms with E-state index in [-0.39, 0.29) is 18.9 Å². The van der Waals surface area contributed by atoms with E-state index < -0.39 is 35.0 Å². The molecule has 0 bridgehead atoms. The Morgan fingerprint density at radius 2 is 1.95 bits per heavy atom. The zero-order chi connectivity index (χ0) is 14.9. The minimum absolute atomic E-state index is 0.0568. The Bertz CT molecular complexity index is 563. The molecular weight excluding hydrogens is 273 g/mol. The molecule has 1 atom stereocenters. The van der Waals surface area contributed by atoms with Crippen LogP contribution in [0.15, 0.2) is 12.1 Å². The topological polar surface area (TPSA) is 49.4 Å². The predicted octanol–water partition coefficient (Wildman–Crippen LogP) is 1.45. The quantitative estimate of drug-likeness (QED) is 0.837. The van der Waals surface area contributed by atoms with E-state index in [1.165, 1.54) is 4.90 Å². The van der Waals surface area contributed by atoms with Crippen molar-refractivity contribution in [2.75, 3.05) is 13.6 Å². The lowest BCUT2D eigenvalue weighted by Gasteiger charge is -2.30. The molecule has 0 radical (unpaired) electrons. The second-order valence-corrected chi connectivity index (χ2v) is 4.70. The third-order valence-corrected chi connectivity index (χ3v) is 3.23. The molecule has 0 aromatic heterocycles. The number of nitrogens with one attached hydrogen (secondary N) is 1. The standard InChI is InChI=1S/C13H13F3N2O2/c1-18-6-7(2-5-10(18)19)17-13(20)11-8(14)3-4-9(15)12(11)16/h3-4,7H,2,5-6H2,1H3,(H,17,20). The molecule has 4 nitrogen and oxygen atoms in total. The van der Waals surface area contributed by atoms with E-state index in [9.17, 15) is 22.8 Å². The van der Waals surface area contributed by atoms with Crippen LogP contribution in [0.1, 0.15) is 23.2 Å². The summed E-state index contributed by atoms with van der Waals surface area (Å²) in [6.07, 6.45) is 0.628. The van der Waals surface area contributed by atoms with Gasteiger partial charge >= 0.3 is 0 Å². The maximum atomic E-state index is 13.5. The van der Waals surface area contributed by atoms with Crippen molar-refractivity contribution in [3.8, 4) is 0 Å². The number of likely N-dealkylation sites (N-methyl/N-ethyl adjacent to an activating group) is 1. The van der Waals surface area contributed by atoms with Gasteiger partial charge in [0, 0.05) is 26.1 Å². The molecule has 1 aliphatic heterocycles. The maximum absolute atomic E-state index is 13.5. The van der Waals surface area contributed by atoms with Gasteiger partial charge in [-0.05, 0) is 18.6 Å². The number of halogens is 3. The second-order valence-electron chi connectivity index (χ2n) is 4.70. The van der Waals surface area contributed by atoms with E-state index in [2.05, 4.69) is 5.32 Å². The summed E-state index contributed by atoms with van der Waals surface area (Å²) in [7, 11) is 1.57. The van der Waals surface area contributed by atoms with Crippen molar-refractivity contribution < 1.29 is 22.8 Å². The summed E-state index contributed by atoms with van der Waals surface area (Å²) in [6.45, 7) is 0.253. The van der Waals surface area contributed by atoms with Crippen molar-refractivity contribution >= 4 is 11.8 Å². The minimum atomic E-state index is -1.51. The largest absolute Gasteiger partial charge is 0.347 e. The average molecular weight is 286 g/mol. The molecule has 1 aliphatic rings. The number of hydrogen-bond acceptors (Lipinski definition) is 2. The number of carbonyl (C=O) groups excluding carboxylic acids is 2. The molecule has 1 fully saturated rings. The van der Waals surface area contributed by atoms with Crippen LogP contribution in [-0.2, 0) is 4.79 Å². The number of hydrogen-bond donors (Lipinski definition) is 1. The van der Waals surface area contributed by atoms with E-state index in [0.29, 0.717) is 18.6 Å². The molecule has 1 heterocycles. The molecule has 7 heteroatoms. The first-order valence-electron chi connectivity index (χ1n) is 6.08. The first-order valence-corrected chi connectivity index (χ1v) is 6.08. The SMILES string of the molecule is CN1CC(NC(=O)c2c(F)ccc(F)c2F)CCC1=O. The number of piperidine rings is 1. The Balaban J connectivity index is 2.13. The molecular formula is C13H13F3N2O2. The van der Waals surface area contributed by atoms with Gasteiger partial charge in [-0.3, -0.25) is 9.59 Å². The molecule has 1 unspecified atom stereocenters. The van der Waals surface area contributed by atoms with Gasteiger partial charge in [-0.25, -0.2) is 13.2 Å². The summed E-state index contributed by atoms with van der Waals surface area (Å²) in [4.78, 5) is 24.5. The Morgan fingerprint density at radius 1 is 1.30 bits per heavy atom. The van der Waals surface area contributed by atoms with Crippen LogP contribution in [0.25, 0.3) is 0 Å². The van der Waals surface area contributed by atoms with Gasteiger partial charge in [0.25, 0.3) is 5.91 Å². The number of nitrogens with zero attached hydrogens (tertiary/aromatic N) is 1. The van der Waals surface area contributed by atoms with Gasteiger partial charge in [0.1, 0.15) is 11.4 Å². The Hall–Kier alpha value is -2.05. The lowest BCUT2D eigenvalue weighted by atomic mass is 10.0. The maximum Gasteiger partial charge on any atom is 0.257 e. The summed E-state index contributed by atoms with van der Waals surface area (Å²) in [6, 6.07) is 0.908. The lowest BCUT2D eigenvalue weighted by Crippen LogP contribution is -2.48. The van der Waals surface area contributed by atoms with E-state index in [0.717, 1.165) is 0 Å². The lowest BCUT2D eigenvalue weighted by molar-refractivity contribution is -0.132. The Morgan fingerprint density at radius 3 is 2.60 bits per heavy atom. The van der Waals surface area contributed by atoms with E-state index >= 15 is 0 Å². The van der Waals surface area contributed by atoms with E-state index in [4.69, 9.17) is 0 Å². The average Bonchev–Trinajstić information content (AvgIpc) is 2.39. The van der Waals surface area contributed by atoms with Crippen LogP contribution in [-0.4, -0.2) is 36.3 Å². The van der Waals surface area contributed by atoms with Crippen molar-refractivity contribution in [1.29, 1.82) is 0 Å². The number of benzene rings is 1. The fraction of sp³-hybridized carbons (Fsp3) is 0.385. The molecule has 1 N–H and O–H groups in total. The number of carbonyl (C=O) groups is 2. The third kappa shape index (κ3) is 2.76. The van der Waals surface area contributed by atoms with Crippen molar-refractivity contribution in [3.63, 3.8) is 0 Å². The zero-order valence-corrected chi connectivity index (χ0v) is 10.8. The highest BCUT2D eigenvalue weighted by Gasteiger charge is 2.27. The predicted molar refractivity (Wildman–Crippen MR) is 64.4 cm³/mol. The van der Waals surface area contributed by atoms with Crippen molar-refractivity contribution in [2.45, 2.75) is 18.9 Å². The molecule has 108 valence electrons. The Kier molecular flexibility index (Phi) is 3.96. The molecule has 2 rings (SSSR count). The van der Waals surface area contributed by atoms with Gasteiger partial charge in [-0.1, -0.05) is 0 Å². The highest BCUT2D eigenvalue weighted by atomic mass is 19.2. The highest BCUT2D eigenvalue weighted by Crippen LogP contribution is 2.17. The summed E-state index contributed by atoms with van der Waals surface area (Å²) in [5.41, 5.74) is -0.940. The monoisotopic (exact) mass is 286 g/mol. The molecule has 1 aromatic rings. The zero-order valence-electron chi connectivity index (χ0n) is 10.8. The summed E-state index contributed by atoms with van der Waals surface area (Å²) in [5.74, 6) is -5.00. The summed E-state index contributed by atoms with van der Waals surface area (Å²) in [5, 5.41) is 2.42. The summed E-state index contributed by atoms with van der Waals surface area (Å²) < 4.78 is 39.9. The molecule has 0 aliphatic carbocycles. The van der Waals surface area contributed by atoms with Crippen LogP contribution in [0.4, 0.5) is 13.2 Å². The molecule has 1 aromatic carbocycles. The molecule has 0 spiro atoms. The first kappa shape index (κ1) is 14.4. The number of likely N-dealkylation sites (tertiary alicyclic amines) is 1. The minimum Gasteiger partial charge on any atom is -0.347 e. The Labute approximate surface area is 113 Å². The second kappa shape index (κ2) is 5.52. The number of rotatable bonds is 2. The molecule has 0 saturated carbocycles. The van der Waals surface area contributed by atoms with Crippen LogP contribution < -0.4 is 5.32 Å². The van der Waals surface area contributed by atoms with Crippen molar-refractivity contribution in [1.82, 2.24) is 10.2 Å². The van der Waals surface area contributed by atoms with Crippen LogP contribution >= 0.6 is 0 Å². The van der Waals surface area contributed by atoms with Crippen LogP contribution in [0.3, 0.4) is 0 Å². The van der Waals surface area contributed by atoms with E-state index in [1.807, 2.05) is 0 Å². The van der Waals surface area contributed by atoms with Gasteiger partial charge in [-0.2, -0.15) is 0 Å². The van der Waals surface area contributed by atoms with Gasteiger partial charge < -0.3 is 10.2 Å². The van der Waals surface area contributed by atoms with Gasteiger partial charge in [0.05, 0.1) is 0 Å². The summed E-state index contributed by atoms with van der Waals surface area (Å²) >= 11 is 0. The van der Waals surface area contributed by atoms with Crippen LogP contribution in [0, 0.1) is 17.5 Å². The van der Waals surface area contributed by atoms with Crippen molar-refractivity contribution in [2.24, 2.45) is 0 Å². The van der Waals surface area contributed by atoms with Gasteiger partial charge in [-0.15, -0.1) is 0 Å². The van der Waals surface area contributed by atoms with Gasteiger partial charge in [0.2, 0.25) is 5.91 Å². The van der Waals surface area contributed by atoms with Crippen LogP contribution in [0.5, 0.6) is 0 Å². The fourth-order valence-electron chi connectivity index (χ4n) is 2.12. The van der Waals surface area contributed by atoms with Crippen LogP contribution in [0.2, 0.25) is 0 Å². The van der Waals surface area contributed by atoms with Gasteiger partial charge in [0.15, 0.2) is 11.6 Å². The normalized spacial score (nSPS) is 19.1. The molecule has 2 amide bonds.